The molecule has 106 valence electrons. The zero-order chi connectivity index (χ0) is 15.0. The van der Waals surface area contributed by atoms with Gasteiger partial charge in [0.1, 0.15) is 0 Å². The van der Waals surface area contributed by atoms with Crippen molar-refractivity contribution in [1.29, 1.82) is 5.26 Å². The molecule has 1 aromatic rings. The number of nitriles is 1. The van der Waals surface area contributed by atoms with Gasteiger partial charge in [-0.25, -0.2) is 0 Å². The summed E-state index contributed by atoms with van der Waals surface area (Å²) in [6, 6.07) is 8.97. The van der Waals surface area contributed by atoms with Gasteiger partial charge in [-0.05, 0) is 37.5 Å². The van der Waals surface area contributed by atoms with Crippen molar-refractivity contribution in [3.63, 3.8) is 0 Å². The maximum absolute atomic E-state index is 11.7. The van der Waals surface area contributed by atoms with E-state index in [1.165, 1.54) is 0 Å². The van der Waals surface area contributed by atoms with Crippen molar-refractivity contribution in [1.82, 2.24) is 5.32 Å². The van der Waals surface area contributed by atoms with Crippen molar-refractivity contribution < 1.29 is 14.7 Å². The highest BCUT2D eigenvalue weighted by Gasteiger charge is 2.09. The standard InChI is InChI=1S/C15H18N2O3/c1-11(13-8-6-12(10-16)7-9-13)17-14(18)4-2-3-5-15(19)20/h6-9,11H,2-5H2,1H3,(H,17,18)(H,19,20). The summed E-state index contributed by atoms with van der Waals surface area (Å²) in [6.45, 7) is 1.87. The van der Waals surface area contributed by atoms with Gasteiger partial charge < -0.3 is 10.4 Å². The van der Waals surface area contributed by atoms with Crippen LogP contribution in [0, 0.1) is 11.3 Å². The fourth-order valence-corrected chi connectivity index (χ4v) is 1.81. The van der Waals surface area contributed by atoms with E-state index in [0.29, 0.717) is 24.8 Å². The second kappa shape index (κ2) is 7.95. The number of unbranched alkanes of at least 4 members (excludes halogenated alkanes) is 1. The maximum Gasteiger partial charge on any atom is 0.303 e. The number of carboxylic acids is 1. The number of hydrogen-bond donors (Lipinski definition) is 2. The number of aliphatic carboxylic acids is 1. The van der Waals surface area contributed by atoms with Crippen molar-refractivity contribution in [3.05, 3.63) is 35.4 Å². The maximum atomic E-state index is 11.7. The zero-order valence-electron chi connectivity index (χ0n) is 11.4. The summed E-state index contributed by atoms with van der Waals surface area (Å²) in [5, 5.41) is 20.1. The lowest BCUT2D eigenvalue weighted by atomic mass is 10.1. The van der Waals surface area contributed by atoms with E-state index in [9.17, 15) is 9.59 Å². The van der Waals surface area contributed by atoms with E-state index >= 15 is 0 Å². The molecule has 0 saturated heterocycles. The van der Waals surface area contributed by atoms with E-state index in [1.807, 2.05) is 25.1 Å². The van der Waals surface area contributed by atoms with Crippen LogP contribution in [0.5, 0.6) is 0 Å². The van der Waals surface area contributed by atoms with Crippen LogP contribution in [0.4, 0.5) is 0 Å². The van der Waals surface area contributed by atoms with Crippen LogP contribution in [0.25, 0.3) is 0 Å². The number of carbonyl (C=O) groups excluding carboxylic acids is 1. The highest BCUT2D eigenvalue weighted by molar-refractivity contribution is 5.76. The summed E-state index contributed by atoms with van der Waals surface area (Å²) in [5.74, 6) is -0.927. The van der Waals surface area contributed by atoms with E-state index < -0.39 is 5.97 Å². The lowest BCUT2D eigenvalue weighted by molar-refractivity contribution is -0.137. The molecule has 0 fully saturated rings. The summed E-state index contributed by atoms with van der Waals surface area (Å²) in [4.78, 5) is 22.0. The van der Waals surface area contributed by atoms with Crippen molar-refractivity contribution in [2.24, 2.45) is 0 Å². The minimum Gasteiger partial charge on any atom is -0.481 e. The van der Waals surface area contributed by atoms with Gasteiger partial charge in [0.25, 0.3) is 0 Å². The molecule has 1 atom stereocenters. The summed E-state index contributed by atoms with van der Waals surface area (Å²) in [6.07, 6.45) is 1.50. The van der Waals surface area contributed by atoms with E-state index in [-0.39, 0.29) is 18.4 Å². The number of carboxylic acid groups (broad SMARTS) is 1. The monoisotopic (exact) mass is 274 g/mol. The smallest absolute Gasteiger partial charge is 0.303 e. The molecule has 0 aliphatic heterocycles. The normalized spacial score (nSPS) is 11.4. The molecular weight excluding hydrogens is 256 g/mol. The topological polar surface area (TPSA) is 90.2 Å². The number of rotatable bonds is 7. The molecule has 2 N–H and O–H groups in total. The van der Waals surface area contributed by atoms with Crippen molar-refractivity contribution in [3.8, 4) is 6.07 Å². The van der Waals surface area contributed by atoms with Crippen LogP contribution < -0.4 is 5.32 Å². The fraction of sp³-hybridized carbons (Fsp3) is 0.400. The Morgan fingerprint density at radius 3 is 2.40 bits per heavy atom. The number of nitrogens with one attached hydrogen (secondary N) is 1. The van der Waals surface area contributed by atoms with E-state index in [0.717, 1.165) is 5.56 Å². The predicted octanol–water partition coefficient (Wildman–Crippen LogP) is 2.38. The van der Waals surface area contributed by atoms with Crippen LogP contribution in [-0.4, -0.2) is 17.0 Å². The van der Waals surface area contributed by atoms with Crippen LogP contribution in [0.2, 0.25) is 0 Å². The average Bonchev–Trinajstić information content (AvgIpc) is 2.43. The number of nitrogens with zero attached hydrogens (tertiary/aromatic N) is 1. The zero-order valence-corrected chi connectivity index (χ0v) is 11.4. The van der Waals surface area contributed by atoms with Gasteiger partial charge in [-0.3, -0.25) is 9.59 Å². The van der Waals surface area contributed by atoms with Crippen LogP contribution in [-0.2, 0) is 9.59 Å². The molecule has 1 rings (SSSR count). The third-order valence-corrected chi connectivity index (χ3v) is 2.96. The minimum atomic E-state index is -0.837. The van der Waals surface area contributed by atoms with Crippen LogP contribution >= 0.6 is 0 Å². The van der Waals surface area contributed by atoms with Crippen LogP contribution in [0.15, 0.2) is 24.3 Å². The van der Waals surface area contributed by atoms with Gasteiger partial charge >= 0.3 is 5.97 Å². The Morgan fingerprint density at radius 1 is 1.25 bits per heavy atom. The lowest BCUT2D eigenvalue weighted by Crippen LogP contribution is -2.26. The van der Waals surface area contributed by atoms with Crippen LogP contribution in [0.1, 0.15) is 49.8 Å². The molecular formula is C15H18N2O3. The van der Waals surface area contributed by atoms with Gasteiger partial charge in [-0.2, -0.15) is 5.26 Å². The first-order chi connectivity index (χ1) is 9.52. The quantitative estimate of drug-likeness (QED) is 0.747. The third kappa shape index (κ3) is 5.53. The average molecular weight is 274 g/mol. The number of benzene rings is 1. The summed E-state index contributed by atoms with van der Waals surface area (Å²) in [7, 11) is 0. The Labute approximate surface area is 118 Å². The Morgan fingerprint density at radius 2 is 1.85 bits per heavy atom. The Kier molecular flexibility index (Phi) is 6.24. The number of carbonyl (C=O) groups is 2. The molecule has 0 bridgehead atoms. The van der Waals surface area contributed by atoms with Gasteiger partial charge in [0.05, 0.1) is 17.7 Å². The Balaban J connectivity index is 2.37. The summed E-state index contributed by atoms with van der Waals surface area (Å²) in [5.41, 5.74) is 1.52. The van der Waals surface area contributed by atoms with E-state index in [4.69, 9.17) is 10.4 Å². The first-order valence-corrected chi connectivity index (χ1v) is 6.54. The first-order valence-electron chi connectivity index (χ1n) is 6.54. The molecule has 0 saturated carbocycles. The summed E-state index contributed by atoms with van der Waals surface area (Å²) >= 11 is 0. The highest BCUT2D eigenvalue weighted by Crippen LogP contribution is 2.13. The molecule has 1 unspecified atom stereocenters. The van der Waals surface area contributed by atoms with E-state index in [1.54, 1.807) is 12.1 Å². The molecule has 1 amide bonds. The largest absolute Gasteiger partial charge is 0.481 e. The summed E-state index contributed by atoms with van der Waals surface area (Å²) < 4.78 is 0. The van der Waals surface area contributed by atoms with Gasteiger partial charge in [0.2, 0.25) is 5.91 Å². The second-order valence-corrected chi connectivity index (χ2v) is 4.62. The van der Waals surface area contributed by atoms with Crippen LogP contribution in [0.3, 0.4) is 0 Å². The van der Waals surface area contributed by atoms with Gasteiger partial charge in [0, 0.05) is 12.8 Å². The first kappa shape index (κ1) is 15.7. The van der Waals surface area contributed by atoms with Crippen molar-refractivity contribution >= 4 is 11.9 Å². The van der Waals surface area contributed by atoms with Gasteiger partial charge in [0.15, 0.2) is 0 Å². The molecule has 0 heterocycles. The third-order valence-electron chi connectivity index (χ3n) is 2.96. The number of hydrogen-bond acceptors (Lipinski definition) is 3. The predicted molar refractivity (Wildman–Crippen MR) is 73.8 cm³/mol. The molecule has 0 spiro atoms. The Hall–Kier alpha value is -2.35. The molecule has 5 heteroatoms. The van der Waals surface area contributed by atoms with Gasteiger partial charge in [-0.1, -0.05) is 12.1 Å². The molecule has 0 aromatic heterocycles. The highest BCUT2D eigenvalue weighted by atomic mass is 16.4. The molecule has 20 heavy (non-hydrogen) atoms. The van der Waals surface area contributed by atoms with E-state index in [2.05, 4.69) is 5.32 Å². The fourth-order valence-electron chi connectivity index (χ4n) is 1.81. The van der Waals surface area contributed by atoms with Crippen molar-refractivity contribution in [2.75, 3.05) is 0 Å². The number of amides is 1. The molecule has 0 radical (unpaired) electrons. The minimum absolute atomic E-state index is 0.0905. The second-order valence-electron chi connectivity index (χ2n) is 4.62. The van der Waals surface area contributed by atoms with Gasteiger partial charge in [-0.15, -0.1) is 0 Å². The molecule has 0 aliphatic rings. The molecule has 5 nitrogen and oxygen atoms in total. The lowest BCUT2D eigenvalue weighted by Gasteiger charge is -2.14. The molecule has 1 aromatic carbocycles. The van der Waals surface area contributed by atoms with Crippen molar-refractivity contribution in [2.45, 2.75) is 38.6 Å². The SMILES string of the molecule is CC(NC(=O)CCCCC(=O)O)c1ccc(C#N)cc1. The molecule has 0 aliphatic carbocycles. The Bertz CT molecular complexity index is 503.